The first-order chi connectivity index (χ1) is 15.2. The van der Waals surface area contributed by atoms with Crippen molar-refractivity contribution in [2.24, 2.45) is 0 Å². The van der Waals surface area contributed by atoms with Gasteiger partial charge in [-0.05, 0) is 30.5 Å². The standard InChI is InChI=1S/C23H26N4O3S/c1-29-19-9-5-6-10-20(19)30-14-13-24-21(28)16-31-23-26-25-22(18-11-12-18)27(23)15-17-7-3-2-4-8-17/h2-10,18H,11-16H2,1H3,(H,24,28). The second-order valence-electron chi connectivity index (χ2n) is 7.32. The number of hydrogen-bond donors (Lipinski definition) is 1. The third-order valence-electron chi connectivity index (χ3n) is 4.95. The molecule has 0 aliphatic heterocycles. The first kappa shape index (κ1) is 21.2. The molecule has 1 heterocycles. The number of methoxy groups -OCH3 is 1. The molecule has 0 atom stereocenters. The molecule has 1 aliphatic carbocycles. The quantitative estimate of drug-likeness (QED) is 0.365. The van der Waals surface area contributed by atoms with E-state index in [0.29, 0.717) is 30.6 Å². The average Bonchev–Trinajstić information content (AvgIpc) is 3.57. The number of aromatic nitrogens is 3. The Morgan fingerprint density at radius 1 is 1.10 bits per heavy atom. The van der Waals surface area contributed by atoms with Gasteiger partial charge >= 0.3 is 0 Å². The summed E-state index contributed by atoms with van der Waals surface area (Å²) in [5, 5.41) is 12.4. The molecular weight excluding hydrogens is 412 g/mol. The topological polar surface area (TPSA) is 78.3 Å². The minimum absolute atomic E-state index is 0.0594. The van der Waals surface area contributed by atoms with E-state index in [1.165, 1.54) is 17.3 Å². The van der Waals surface area contributed by atoms with Gasteiger partial charge in [0.05, 0.1) is 26.0 Å². The van der Waals surface area contributed by atoms with Crippen molar-refractivity contribution in [2.45, 2.75) is 30.5 Å². The molecule has 0 saturated heterocycles. The van der Waals surface area contributed by atoms with Crippen LogP contribution in [-0.4, -0.2) is 46.7 Å². The number of para-hydroxylation sites is 2. The average molecular weight is 439 g/mol. The molecule has 7 nitrogen and oxygen atoms in total. The number of nitrogens with one attached hydrogen (secondary N) is 1. The summed E-state index contributed by atoms with van der Waals surface area (Å²) in [7, 11) is 1.60. The highest BCUT2D eigenvalue weighted by atomic mass is 32.2. The number of nitrogens with zero attached hydrogens (tertiary/aromatic N) is 3. The minimum Gasteiger partial charge on any atom is -0.493 e. The van der Waals surface area contributed by atoms with Crippen molar-refractivity contribution in [3.8, 4) is 11.5 Å². The van der Waals surface area contributed by atoms with Gasteiger partial charge in [-0.1, -0.05) is 54.2 Å². The number of hydrogen-bond acceptors (Lipinski definition) is 6. The smallest absolute Gasteiger partial charge is 0.230 e. The third kappa shape index (κ3) is 5.79. The van der Waals surface area contributed by atoms with Crippen LogP contribution in [0.4, 0.5) is 0 Å². The Morgan fingerprint density at radius 2 is 1.84 bits per heavy atom. The normalized spacial score (nSPS) is 13.1. The van der Waals surface area contributed by atoms with Crippen molar-refractivity contribution in [3.05, 3.63) is 66.0 Å². The number of rotatable bonds is 11. The van der Waals surface area contributed by atoms with Crippen LogP contribution in [0.25, 0.3) is 0 Å². The zero-order valence-electron chi connectivity index (χ0n) is 17.5. The maximum absolute atomic E-state index is 12.3. The van der Waals surface area contributed by atoms with Gasteiger partial charge in [-0.15, -0.1) is 10.2 Å². The molecule has 0 bridgehead atoms. The molecule has 1 saturated carbocycles. The molecule has 1 aliphatic rings. The molecule has 8 heteroatoms. The van der Waals surface area contributed by atoms with Crippen LogP contribution in [-0.2, 0) is 11.3 Å². The number of ether oxygens (including phenoxy) is 2. The monoisotopic (exact) mass is 438 g/mol. The van der Waals surface area contributed by atoms with E-state index in [2.05, 4.69) is 32.2 Å². The van der Waals surface area contributed by atoms with Gasteiger partial charge in [0.15, 0.2) is 16.7 Å². The Bertz CT molecular complexity index is 1010. The van der Waals surface area contributed by atoms with E-state index in [1.807, 2.05) is 42.5 Å². The van der Waals surface area contributed by atoms with Gasteiger partial charge in [-0.25, -0.2) is 0 Å². The van der Waals surface area contributed by atoms with Crippen molar-refractivity contribution in [2.75, 3.05) is 26.0 Å². The number of benzene rings is 2. The zero-order chi connectivity index (χ0) is 21.5. The molecule has 31 heavy (non-hydrogen) atoms. The Kier molecular flexibility index (Phi) is 7.09. The van der Waals surface area contributed by atoms with Gasteiger partial charge in [0.25, 0.3) is 0 Å². The van der Waals surface area contributed by atoms with Crippen LogP contribution in [0.5, 0.6) is 11.5 Å². The summed E-state index contributed by atoms with van der Waals surface area (Å²) >= 11 is 1.42. The number of amides is 1. The first-order valence-corrected chi connectivity index (χ1v) is 11.4. The molecule has 1 N–H and O–H groups in total. The van der Waals surface area contributed by atoms with Crippen molar-refractivity contribution in [1.29, 1.82) is 0 Å². The van der Waals surface area contributed by atoms with Crippen molar-refractivity contribution in [1.82, 2.24) is 20.1 Å². The summed E-state index contributed by atoms with van der Waals surface area (Å²) < 4.78 is 13.1. The van der Waals surface area contributed by atoms with Crippen LogP contribution in [0, 0.1) is 0 Å². The highest BCUT2D eigenvalue weighted by Crippen LogP contribution is 2.40. The van der Waals surface area contributed by atoms with Crippen LogP contribution in [0.15, 0.2) is 59.8 Å². The van der Waals surface area contributed by atoms with E-state index >= 15 is 0 Å². The van der Waals surface area contributed by atoms with Crippen LogP contribution in [0.1, 0.15) is 30.1 Å². The SMILES string of the molecule is COc1ccccc1OCCNC(=O)CSc1nnc(C2CC2)n1Cc1ccccc1. The molecule has 4 rings (SSSR count). The van der Waals surface area contributed by atoms with E-state index in [0.717, 1.165) is 30.4 Å². The van der Waals surface area contributed by atoms with Gasteiger partial charge in [-0.2, -0.15) is 0 Å². The first-order valence-electron chi connectivity index (χ1n) is 10.4. The Balaban J connectivity index is 1.27. The number of thioether (sulfide) groups is 1. The van der Waals surface area contributed by atoms with E-state index in [9.17, 15) is 4.79 Å². The molecular formula is C23H26N4O3S. The fourth-order valence-electron chi connectivity index (χ4n) is 3.24. The lowest BCUT2D eigenvalue weighted by Crippen LogP contribution is -2.29. The van der Waals surface area contributed by atoms with Crippen LogP contribution in [0.2, 0.25) is 0 Å². The van der Waals surface area contributed by atoms with E-state index < -0.39 is 0 Å². The van der Waals surface area contributed by atoms with Crippen LogP contribution >= 0.6 is 11.8 Å². The lowest BCUT2D eigenvalue weighted by molar-refractivity contribution is -0.118. The highest BCUT2D eigenvalue weighted by Gasteiger charge is 2.30. The third-order valence-corrected chi connectivity index (χ3v) is 5.92. The van der Waals surface area contributed by atoms with Gasteiger partial charge in [0, 0.05) is 5.92 Å². The maximum Gasteiger partial charge on any atom is 0.230 e. The summed E-state index contributed by atoms with van der Waals surface area (Å²) in [6.07, 6.45) is 2.31. The van der Waals surface area contributed by atoms with E-state index in [-0.39, 0.29) is 11.7 Å². The van der Waals surface area contributed by atoms with Crippen LogP contribution < -0.4 is 14.8 Å². The molecule has 1 amide bonds. The van der Waals surface area contributed by atoms with Gasteiger partial charge in [0.1, 0.15) is 12.4 Å². The Hall–Kier alpha value is -3.00. The molecule has 1 aromatic heterocycles. The summed E-state index contributed by atoms with van der Waals surface area (Å²) in [5.74, 6) is 3.08. The molecule has 162 valence electrons. The lowest BCUT2D eigenvalue weighted by Gasteiger charge is -2.11. The summed E-state index contributed by atoms with van der Waals surface area (Å²) in [4.78, 5) is 12.3. The van der Waals surface area contributed by atoms with E-state index in [4.69, 9.17) is 9.47 Å². The second kappa shape index (κ2) is 10.3. The predicted octanol–water partition coefficient (Wildman–Crippen LogP) is 3.50. The molecule has 1 fully saturated rings. The highest BCUT2D eigenvalue weighted by molar-refractivity contribution is 7.99. The second-order valence-corrected chi connectivity index (χ2v) is 8.27. The van der Waals surface area contributed by atoms with Gasteiger partial charge in [0.2, 0.25) is 5.91 Å². The summed E-state index contributed by atoms with van der Waals surface area (Å²) in [6.45, 7) is 1.50. The molecule has 2 aromatic carbocycles. The summed E-state index contributed by atoms with van der Waals surface area (Å²) in [6, 6.07) is 17.7. The summed E-state index contributed by atoms with van der Waals surface area (Å²) in [5.41, 5.74) is 1.20. The molecule has 0 unspecified atom stereocenters. The van der Waals surface area contributed by atoms with Gasteiger partial charge in [-0.3, -0.25) is 4.79 Å². The Morgan fingerprint density at radius 3 is 2.58 bits per heavy atom. The predicted molar refractivity (Wildman–Crippen MR) is 120 cm³/mol. The molecule has 0 radical (unpaired) electrons. The fourth-order valence-corrected chi connectivity index (χ4v) is 4.01. The zero-order valence-corrected chi connectivity index (χ0v) is 18.3. The minimum atomic E-state index is -0.0594. The van der Waals surface area contributed by atoms with E-state index in [1.54, 1.807) is 7.11 Å². The number of carbonyl (C=O) groups is 1. The Labute approximate surface area is 186 Å². The lowest BCUT2D eigenvalue weighted by atomic mass is 10.2. The molecule has 3 aromatic rings. The van der Waals surface area contributed by atoms with Crippen molar-refractivity contribution < 1.29 is 14.3 Å². The maximum atomic E-state index is 12.3. The molecule has 0 spiro atoms. The van der Waals surface area contributed by atoms with Crippen LogP contribution in [0.3, 0.4) is 0 Å². The largest absolute Gasteiger partial charge is 0.493 e. The number of carbonyl (C=O) groups excluding carboxylic acids is 1. The fraction of sp³-hybridized carbons (Fsp3) is 0.348. The van der Waals surface area contributed by atoms with Gasteiger partial charge < -0.3 is 19.4 Å². The van der Waals surface area contributed by atoms with Crippen molar-refractivity contribution in [3.63, 3.8) is 0 Å². The van der Waals surface area contributed by atoms with Crippen molar-refractivity contribution >= 4 is 17.7 Å².